The van der Waals surface area contributed by atoms with Crippen LogP contribution in [-0.2, 0) is 4.74 Å². The molecule has 4 heterocycles. The van der Waals surface area contributed by atoms with Crippen LogP contribution in [0.1, 0.15) is 42.3 Å². The third-order valence-corrected chi connectivity index (χ3v) is 8.86. The maximum Gasteiger partial charge on any atom is 0.573 e. The Kier molecular flexibility index (Phi) is 16.1. The number of anilines is 2. The lowest BCUT2D eigenvalue weighted by atomic mass is 10.1. The number of pyridine rings is 4. The standard InChI is InChI=1S/C22H17F4N3O6.C20H14BrF4N3O4/c1-11-8-28-15(21(31)33-3)7-14(11)29-20(30)19-13(23)9-27-10-18(19)34-16-5-4-12(6-17(16)32-2)35-22(24,25)26;1-10-7-27-17(21)6-13(10)28-19(29)18-12(22)8-26-9-16(18)31-14-4-3-11(5-15(14)30-2)32-20(23,24)25/h4-10H,1-3H3,(H,28,29,30);3-9H,1-2H3,(H,27,28,29). The van der Waals surface area contributed by atoms with E-state index in [0.717, 1.165) is 68.3 Å². The van der Waals surface area contributed by atoms with Gasteiger partial charge < -0.3 is 43.8 Å². The summed E-state index contributed by atoms with van der Waals surface area (Å²) in [6, 6.07) is 8.77. The van der Waals surface area contributed by atoms with Crippen LogP contribution < -0.4 is 39.1 Å². The molecule has 0 radical (unpaired) electrons. The molecule has 16 nitrogen and oxygen atoms in total. The minimum Gasteiger partial charge on any atom is -0.493 e. The van der Waals surface area contributed by atoms with Gasteiger partial charge in [0.2, 0.25) is 0 Å². The number of rotatable bonds is 13. The number of hydrogen-bond donors (Lipinski definition) is 2. The van der Waals surface area contributed by atoms with Crippen LogP contribution in [0.5, 0.6) is 46.0 Å². The maximum absolute atomic E-state index is 14.6. The van der Waals surface area contributed by atoms with E-state index in [2.05, 4.69) is 60.7 Å². The SMILES string of the molecule is COC(=O)c1cc(NC(=O)c2c(F)cncc2Oc2ccc(OC(F)(F)F)cc2OC)c(C)cn1.COc1cc(OC(F)(F)F)ccc1Oc1cncc(F)c1C(=O)Nc1cc(Br)ncc1C. The van der Waals surface area contributed by atoms with Crippen molar-refractivity contribution in [2.75, 3.05) is 32.0 Å². The number of alkyl halides is 6. The van der Waals surface area contributed by atoms with E-state index in [4.69, 9.17) is 18.9 Å². The fourth-order valence-electron chi connectivity index (χ4n) is 5.40. The molecule has 0 aliphatic rings. The van der Waals surface area contributed by atoms with E-state index in [-0.39, 0.29) is 45.9 Å². The van der Waals surface area contributed by atoms with Crippen molar-refractivity contribution in [2.45, 2.75) is 26.6 Å². The van der Waals surface area contributed by atoms with Crippen LogP contribution in [0, 0.1) is 25.5 Å². The Balaban J connectivity index is 0.000000252. The quantitative estimate of drug-likeness (QED) is 0.0631. The summed E-state index contributed by atoms with van der Waals surface area (Å²) in [4.78, 5) is 52.7. The molecule has 0 saturated carbocycles. The third-order valence-electron chi connectivity index (χ3n) is 8.43. The third kappa shape index (κ3) is 13.6. The molecule has 67 heavy (non-hydrogen) atoms. The van der Waals surface area contributed by atoms with Crippen LogP contribution >= 0.6 is 15.9 Å². The Bertz CT molecular complexity index is 2800. The fourth-order valence-corrected chi connectivity index (χ4v) is 5.73. The Hall–Kier alpha value is -7.83. The number of carbonyl (C=O) groups excluding carboxylic acids is 3. The molecule has 0 aliphatic carbocycles. The van der Waals surface area contributed by atoms with E-state index in [1.165, 1.54) is 38.7 Å². The van der Waals surface area contributed by atoms with E-state index in [1.54, 1.807) is 13.8 Å². The molecule has 25 heteroatoms. The number of hydrogen-bond acceptors (Lipinski definition) is 14. The van der Waals surface area contributed by atoms with Crippen molar-refractivity contribution in [3.63, 3.8) is 0 Å². The molecule has 0 unspecified atom stereocenters. The Morgan fingerprint density at radius 1 is 0.567 bits per heavy atom. The summed E-state index contributed by atoms with van der Waals surface area (Å²) in [5.74, 6) is -6.88. The number of amides is 2. The first-order chi connectivity index (χ1) is 31.6. The highest BCUT2D eigenvalue weighted by Gasteiger charge is 2.33. The van der Waals surface area contributed by atoms with Crippen LogP contribution in [0.15, 0.2) is 90.3 Å². The van der Waals surface area contributed by atoms with E-state index < -0.39 is 64.8 Å². The molecular formula is C42H31BrF8N6O10. The van der Waals surface area contributed by atoms with Crippen molar-refractivity contribution >= 4 is 45.1 Å². The van der Waals surface area contributed by atoms with Crippen molar-refractivity contribution in [3.05, 3.63) is 130 Å². The summed E-state index contributed by atoms with van der Waals surface area (Å²) in [6.07, 6.45) is -3.26. The number of nitrogens with zero attached hydrogens (tertiary/aromatic N) is 4. The summed E-state index contributed by atoms with van der Waals surface area (Å²) < 4.78 is 138. The van der Waals surface area contributed by atoms with Crippen molar-refractivity contribution < 1.29 is 82.7 Å². The van der Waals surface area contributed by atoms with Gasteiger partial charge in [-0.1, -0.05) is 0 Å². The van der Waals surface area contributed by atoms with Gasteiger partial charge in [-0.3, -0.25) is 19.6 Å². The largest absolute Gasteiger partial charge is 0.573 e. The number of benzene rings is 2. The molecule has 0 aliphatic heterocycles. The van der Waals surface area contributed by atoms with Gasteiger partial charge in [0.25, 0.3) is 11.8 Å². The van der Waals surface area contributed by atoms with Crippen molar-refractivity contribution in [3.8, 4) is 46.0 Å². The summed E-state index contributed by atoms with van der Waals surface area (Å²) in [5.41, 5.74) is 0.499. The zero-order chi connectivity index (χ0) is 49.2. The number of halogens is 9. The molecule has 0 saturated heterocycles. The first kappa shape index (κ1) is 50.2. The molecule has 6 aromatic rings. The lowest BCUT2D eigenvalue weighted by Crippen LogP contribution is -2.17. The van der Waals surface area contributed by atoms with Crippen molar-refractivity contribution in [2.24, 2.45) is 0 Å². The highest BCUT2D eigenvalue weighted by Crippen LogP contribution is 2.39. The Labute approximate surface area is 381 Å². The number of carbonyl (C=O) groups is 3. The van der Waals surface area contributed by atoms with Gasteiger partial charge in [-0.25, -0.2) is 23.5 Å². The van der Waals surface area contributed by atoms with E-state index in [1.807, 2.05) is 0 Å². The number of nitrogens with one attached hydrogen (secondary N) is 2. The van der Waals surface area contributed by atoms with Gasteiger partial charge >= 0.3 is 18.7 Å². The average molecular weight is 1010 g/mol. The summed E-state index contributed by atoms with van der Waals surface area (Å²) in [6.45, 7) is 3.30. The molecule has 0 fully saturated rings. The van der Waals surface area contributed by atoms with E-state index >= 15 is 0 Å². The zero-order valence-electron chi connectivity index (χ0n) is 34.9. The van der Waals surface area contributed by atoms with Gasteiger partial charge in [-0.05, 0) is 77.3 Å². The normalized spacial score (nSPS) is 11.0. The molecule has 6 rings (SSSR count). The molecule has 2 amide bonds. The molecule has 0 spiro atoms. The second-order valence-electron chi connectivity index (χ2n) is 13.0. The molecule has 2 aromatic carbocycles. The lowest BCUT2D eigenvalue weighted by Gasteiger charge is -2.16. The minimum absolute atomic E-state index is 0.0914. The van der Waals surface area contributed by atoms with E-state index in [0.29, 0.717) is 21.4 Å². The Morgan fingerprint density at radius 3 is 1.42 bits per heavy atom. The summed E-state index contributed by atoms with van der Waals surface area (Å²) in [5, 5.41) is 5.03. The van der Waals surface area contributed by atoms with Crippen molar-refractivity contribution in [1.29, 1.82) is 0 Å². The highest BCUT2D eigenvalue weighted by atomic mass is 79.9. The number of aryl methyl sites for hydroxylation is 2. The van der Waals surface area contributed by atoms with Crippen LogP contribution in [-0.4, -0.2) is 71.8 Å². The summed E-state index contributed by atoms with van der Waals surface area (Å²) >= 11 is 3.19. The van der Waals surface area contributed by atoms with Crippen LogP contribution in [0.2, 0.25) is 0 Å². The Morgan fingerprint density at radius 2 is 1.00 bits per heavy atom. The maximum atomic E-state index is 14.6. The molecular weight excluding hydrogens is 980 g/mol. The van der Waals surface area contributed by atoms with Gasteiger partial charge in [-0.2, -0.15) is 0 Å². The molecule has 352 valence electrons. The number of aromatic nitrogens is 4. The second kappa shape index (κ2) is 21.4. The van der Waals surface area contributed by atoms with E-state index in [9.17, 15) is 49.5 Å². The first-order valence-corrected chi connectivity index (χ1v) is 19.2. The smallest absolute Gasteiger partial charge is 0.493 e. The minimum atomic E-state index is -4.93. The average Bonchev–Trinajstić information content (AvgIpc) is 3.25. The lowest BCUT2D eigenvalue weighted by molar-refractivity contribution is -0.275. The first-order valence-electron chi connectivity index (χ1n) is 18.4. The number of esters is 1. The fraction of sp³-hybridized carbons (Fsp3) is 0.167. The zero-order valence-corrected chi connectivity index (χ0v) is 36.4. The van der Waals surface area contributed by atoms with Gasteiger partial charge in [0.05, 0.1) is 46.1 Å². The highest BCUT2D eigenvalue weighted by molar-refractivity contribution is 9.10. The van der Waals surface area contributed by atoms with Gasteiger partial charge in [0.1, 0.15) is 32.9 Å². The predicted octanol–water partition coefficient (Wildman–Crippen LogP) is 10.3. The molecule has 0 atom stereocenters. The van der Waals surface area contributed by atoms with Crippen LogP contribution in [0.25, 0.3) is 0 Å². The number of ether oxygens (including phenoxy) is 7. The van der Waals surface area contributed by atoms with Crippen LogP contribution in [0.4, 0.5) is 46.5 Å². The van der Waals surface area contributed by atoms with Crippen LogP contribution in [0.3, 0.4) is 0 Å². The van der Waals surface area contributed by atoms with Gasteiger partial charge in [-0.15, -0.1) is 26.3 Å². The monoisotopic (exact) mass is 1010 g/mol. The predicted molar refractivity (Wildman–Crippen MR) is 221 cm³/mol. The van der Waals surface area contributed by atoms with Gasteiger partial charge in [0, 0.05) is 35.9 Å². The molecule has 0 bridgehead atoms. The summed E-state index contributed by atoms with van der Waals surface area (Å²) in [7, 11) is 3.53. The second-order valence-corrected chi connectivity index (χ2v) is 13.8. The van der Waals surface area contributed by atoms with Crippen molar-refractivity contribution in [1.82, 2.24) is 19.9 Å². The molecule has 4 aromatic heterocycles. The number of methoxy groups -OCH3 is 3. The molecule has 2 N–H and O–H groups in total. The topological polar surface area (TPSA) is 191 Å². The van der Waals surface area contributed by atoms with Gasteiger partial charge in [0.15, 0.2) is 46.1 Å².